The minimum Gasteiger partial charge on any atom is -0.385 e. The number of nitrogens with one attached hydrogen (secondary N) is 2. The lowest BCUT2D eigenvalue weighted by Gasteiger charge is -2.37. The molecule has 0 spiro atoms. The molecule has 1 amide bonds. The fourth-order valence-corrected chi connectivity index (χ4v) is 4.35. The molecule has 0 unspecified atom stereocenters. The maximum atomic E-state index is 13.1. The topological polar surface area (TPSA) is 137 Å². The molecule has 1 aliphatic carbocycles. The number of hydrogen-bond acceptors (Lipinski definition) is 9. The molecule has 2 aromatic rings. The molecule has 2 aliphatic rings. The van der Waals surface area contributed by atoms with Crippen LogP contribution in [0.2, 0.25) is 0 Å². The molecule has 0 aromatic carbocycles. The van der Waals surface area contributed by atoms with Crippen molar-refractivity contribution in [2.24, 2.45) is 0 Å². The van der Waals surface area contributed by atoms with Gasteiger partial charge in [0.2, 0.25) is 11.9 Å². The van der Waals surface area contributed by atoms with Crippen molar-refractivity contribution in [3.8, 4) is 0 Å². The maximum Gasteiger partial charge on any atom is 0.423 e. The van der Waals surface area contributed by atoms with Crippen LogP contribution in [-0.2, 0) is 21.3 Å². The average molecular weight is 526 g/mol. The standard InChI is InChI=1S/C23H30F3N7O4/c1-15(30-17-13-29-31-20(35)19(17)23(24,25)26)14-37-10-3-18(34)32-6-8-33(9-7-32)21-27-11-16(12-28-21)22(36)4-2-5-22/h11-13,15,36H,2-10,14H2,1H3,(H2,30,31,35)/t15-/m0/s1. The summed E-state index contributed by atoms with van der Waals surface area (Å²) in [4.78, 5) is 36.6. The van der Waals surface area contributed by atoms with Gasteiger partial charge >= 0.3 is 6.18 Å². The van der Waals surface area contributed by atoms with Gasteiger partial charge < -0.3 is 25.0 Å². The molecule has 2 fully saturated rings. The molecule has 1 saturated heterocycles. The Bertz CT molecular complexity index is 1130. The molecule has 3 N–H and O–H groups in total. The predicted molar refractivity (Wildman–Crippen MR) is 127 cm³/mol. The Morgan fingerprint density at radius 2 is 1.89 bits per heavy atom. The van der Waals surface area contributed by atoms with Crippen LogP contribution >= 0.6 is 0 Å². The maximum absolute atomic E-state index is 13.1. The highest BCUT2D eigenvalue weighted by Crippen LogP contribution is 2.40. The molecule has 2 aromatic heterocycles. The third-order valence-corrected chi connectivity index (χ3v) is 6.64. The summed E-state index contributed by atoms with van der Waals surface area (Å²) in [6.45, 7) is 3.89. The Labute approximate surface area is 211 Å². The van der Waals surface area contributed by atoms with E-state index in [4.69, 9.17) is 4.74 Å². The molecular weight excluding hydrogens is 495 g/mol. The van der Waals surface area contributed by atoms with Gasteiger partial charge in [-0.1, -0.05) is 0 Å². The van der Waals surface area contributed by atoms with E-state index in [1.54, 1.807) is 29.3 Å². The average Bonchev–Trinajstić information content (AvgIpc) is 2.84. The number of aromatic nitrogens is 4. The highest BCUT2D eigenvalue weighted by molar-refractivity contribution is 5.76. The van der Waals surface area contributed by atoms with Crippen molar-refractivity contribution in [2.45, 2.75) is 50.4 Å². The SMILES string of the molecule is C[C@@H](COCCC(=O)N1CCN(c2ncc(C3(O)CCC3)cn2)CC1)Nc1cn[nH]c(=O)c1C(F)(F)F. The van der Waals surface area contributed by atoms with Crippen LogP contribution in [0.5, 0.6) is 0 Å². The number of carbonyl (C=O) groups excluding carboxylic acids is 1. The summed E-state index contributed by atoms with van der Waals surface area (Å²) >= 11 is 0. The zero-order valence-electron chi connectivity index (χ0n) is 20.4. The second-order valence-electron chi connectivity index (χ2n) is 9.38. The molecular formula is C23H30F3N7O4. The number of carbonyl (C=O) groups is 1. The Hall–Kier alpha value is -3.26. The van der Waals surface area contributed by atoms with E-state index >= 15 is 0 Å². The first-order valence-electron chi connectivity index (χ1n) is 12.1. The Morgan fingerprint density at radius 1 is 1.22 bits per heavy atom. The van der Waals surface area contributed by atoms with Gasteiger partial charge in [0.25, 0.3) is 5.56 Å². The normalized spacial score (nSPS) is 18.3. The van der Waals surface area contributed by atoms with E-state index in [-0.39, 0.29) is 25.5 Å². The van der Waals surface area contributed by atoms with Crippen LogP contribution in [0.15, 0.2) is 23.4 Å². The second-order valence-corrected chi connectivity index (χ2v) is 9.38. The highest BCUT2D eigenvalue weighted by Gasteiger charge is 2.38. The molecule has 1 atom stereocenters. The second kappa shape index (κ2) is 11.0. The number of nitrogens with zero attached hydrogens (tertiary/aromatic N) is 5. The van der Waals surface area contributed by atoms with E-state index in [2.05, 4.69) is 20.4 Å². The first kappa shape index (κ1) is 26.8. The van der Waals surface area contributed by atoms with Gasteiger partial charge in [-0.25, -0.2) is 15.1 Å². The lowest BCUT2D eigenvalue weighted by molar-refractivity contribution is -0.138. The van der Waals surface area contributed by atoms with Gasteiger partial charge in [0.15, 0.2) is 0 Å². The summed E-state index contributed by atoms with van der Waals surface area (Å²) in [5.41, 5.74) is -3.17. The molecule has 11 nitrogen and oxygen atoms in total. The van der Waals surface area contributed by atoms with Crippen LogP contribution in [0.3, 0.4) is 0 Å². The predicted octanol–water partition coefficient (Wildman–Crippen LogP) is 1.51. The van der Waals surface area contributed by atoms with Gasteiger partial charge in [0.1, 0.15) is 5.56 Å². The first-order valence-corrected chi connectivity index (χ1v) is 12.1. The van der Waals surface area contributed by atoms with E-state index in [0.29, 0.717) is 32.1 Å². The molecule has 14 heteroatoms. The van der Waals surface area contributed by atoms with Crippen LogP contribution in [0.1, 0.15) is 43.7 Å². The largest absolute Gasteiger partial charge is 0.423 e. The highest BCUT2D eigenvalue weighted by atomic mass is 19.4. The summed E-state index contributed by atoms with van der Waals surface area (Å²) in [5.74, 6) is 0.481. The number of hydrogen-bond donors (Lipinski definition) is 3. The number of ether oxygens (including phenoxy) is 1. The zero-order chi connectivity index (χ0) is 26.6. The third-order valence-electron chi connectivity index (χ3n) is 6.64. The first-order chi connectivity index (χ1) is 17.6. The molecule has 202 valence electrons. The summed E-state index contributed by atoms with van der Waals surface area (Å²) < 4.78 is 44.9. The van der Waals surface area contributed by atoms with Gasteiger partial charge in [-0.05, 0) is 26.2 Å². The van der Waals surface area contributed by atoms with Crippen molar-refractivity contribution >= 4 is 17.5 Å². The van der Waals surface area contributed by atoms with Crippen LogP contribution in [-0.4, -0.2) is 81.5 Å². The number of alkyl halides is 3. The summed E-state index contributed by atoms with van der Waals surface area (Å²) in [7, 11) is 0. The number of anilines is 2. The van der Waals surface area contributed by atoms with Gasteiger partial charge in [0.05, 0.1) is 37.1 Å². The van der Waals surface area contributed by atoms with Crippen molar-refractivity contribution < 1.29 is 27.8 Å². The summed E-state index contributed by atoms with van der Waals surface area (Å²) in [6.07, 6.45) is 1.98. The van der Waals surface area contributed by atoms with Gasteiger partial charge in [-0.15, -0.1) is 0 Å². The number of rotatable bonds is 9. The number of amides is 1. The quantitative estimate of drug-likeness (QED) is 0.416. The van der Waals surface area contributed by atoms with Gasteiger partial charge in [-0.2, -0.15) is 18.3 Å². The Kier molecular flexibility index (Phi) is 7.97. The van der Waals surface area contributed by atoms with Crippen molar-refractivity contribution in [1.82, 2.24) is 25.1 Å². The van der Waals surface area contributed by atoms with Crippen LogP contribution < -0.4 is 15.8 Å². The van der Waals surface area contributed by atoms with Crippen LogP contribution in [0.4, 0.5) is 24.8 Å². The molecule has 0 bridgehead atoms. The molecule has 37 heavy (non-hydrogen) atoms. The number of halogens is 3. The van der Waals surface area contributed by atoms with Crippen molar-refractivity contribution in [3.05, 3.63) is 40.1 Å². The van der Waals surface area contributed by atoms with E-state index in [1.165, 1.54) is 0 Å². The van der Waals surface area contributed by atoms with Crippen LogP contribution in [0.25, 0.3) is 0 Å². The summed E-state index contributed by atoms with van der Waals surface area (Å²) in [5, 5.41) is 18.2. The van der Waals surface area contributed by atoms with E-state index in [0.717, 1.165) is 31.0 Å². The minimum absolute atomic E-state index is 0.0353. The number of piperazine rings is 1. The lowest BCUT2D eigenvalue weighted by atomic mass is 9.76. The lowest BCUT2D eigenvalue weighted by Crippen LogP contribution is -2.49. The molecule has 0 radical (unpaired) electrons. The monoisotopic (exact) mass is 525 g/mol. The molecule has 1 saturated carbocycles. The van der Waals surface area contributed by atoms with Crippen molar-refractivity contribution in [2.75, 3.05) is 49.6 Å². The number of aromatic amines is 1. The van der Waals surface area contributed by atoms with Gasteiger partial charge in [0, 0.05) is 50.2 Å². The fraction of sp³-hybridized carbons (Fsp3) is 0.609. The Balaban J connectivity index is 1.17. The Morgan fingerprint density at radius 3 is 2.49 bits per heavy atom. The van der Waals surface area contributed by atoms with Crippen LogP contribution in [0, 0.1) is 0 Å². The van der Waals surface area contributed by atoms with Crippen molar-refractivity contribution in [1.29, 1.82) is 0 Å². The number of aliphatic hydroxyl groups is 1. The van der Waals surface area contributed by atoms with E-state index in [1.807, 2.05) is 4.90 Å². The molecule has 4 rings (SSSR count). The smallest absolute Gasteiger partial charge is 0.385 e. The third kappa shape index (κ3) is 6.36. The fourth-order valence-electron chi connectivity index (χ4n) is 4.35. The zero-order valence-corrected chi connectivity index (χ0v) is 20.4. The molecule has 1 aliphatic heterocycles. The van der Waals surface area contributed by atoms with E-state index < -0.39 is 34.6 Å². The number of H-pyrrole nitrogens is 1. The molecule has 3 heterocycles. The van der Waals surface area contributed by atoms with Crippen molar-refractivity contribution in [3.63, 3.8) is 0 Å². The van der Waals surface area contributed by atoms with Gasteiger partial charge in [-0.3, -0.25) is 9.59 Å². The van der Waals surface area contributed by atoms with E-state index in [9.17, 15) is 27.9 Å². The minimum atomic E-state index is -4.83. The summed E-state index contributed by atoms with van der Waals surface area (Å²) in [6, 6.07) is -0.556.